The lowest BCUT2D eigenvalue weighted by Crippen LogP contribution is -2.07. The largest absolute Gasteiger partial charge is 0.508 e. The summed E-state index contributed by atoms with van der Waals surface area (Å²) in [6.45, 7) is 2.69. The predicted molar refractivity (Wildman–Crippen MR) is 93.7 cm³/mol. The fourth-order valence-corrected chi connectivity index (χ4v) is 3.20. The molecular formula is C19H17NO4. The molecule has 122 valence electrons. The number of fused-ring (bicyclic) bond motifs is 2. The second-order valence-corrected chi connectivity index (χ2v) is 6.01. The molecule has 0 unspecified atom stereocenters. The minimum absolute atomic E-state index is 0.0405. The smallest absolute Gasteiger partial charge is 0.203 e. The highest BCUT2D eigenvalue weighted by Crippen LogP contribution is 2.37. The Bertz CT molecular complexity index is 1140. The Kier molecular flexibility index (Phi) is 3.23. The van der Waals surface area contributed by atoms with Crippen LogP contribution in [-0.2, 0) is 6.54 Å². The van der Waals surface area contributed by atoms with Gasteiger partial charge in [0.1, 0.15) is 16.9 Å². The van der Waals surface area contributed by atoms with Crippen LogP contribution in [0.15, 0.2) is 45.7 Å². The molecule has 2 aromatic carbocycles. The lowest BCUT2D eigenvalue weighted by atomic mass is 10.0. The first kappa shape index (κ1) is 14.6. The number of hydrogen-bond acceptors (Lipinski definition) is 4. The predicted octanol–water partition coefficient (Wildman–Crippen LogP) is 4.11. The normalized spacial score (nSPS) is 11.7. The summed E-state index contributed by atoms with van der Waals surface area (Å²) in [5, 5.41) is 22.8. The van der Waals surface area contributed by atoms with E-state index in [-0.39, 0.29) is 22.4 Å². The molecule has 2 aromatic heterocycles. The van der Waals surface area contributed by atoms with Crippen molar-refractivity contribution in [1.29, 1.82) is 0 Å². The Morgan fingerprint density at radius 1 is 1.04 bits per heavy atom. The summed E-state index contributed by atoms with van der Waals surface area (Å²) in [5.41, 5.74) is 0.911. The molecule has 2 N–H and O–H groups in total. The lowest BCUT2D eigenvalue weighted by Gasteiger charge is -2.15. The summed E-state index contributed by atoms with van der Waals surface area (Å²) in [5.74, 6) is 0.0849. The number of unbranched alkanes of at least 4 members (excludes halogenated alkanes) is 1. The SMILES string of the molecule is CCCCn1cc2c3cc(O)ccc3oc3ccc(=O)c(c1O)c32. The first-order chi connectivity index (χ1) is 11.6. The molecular weight excluding hydrogens is 306 g/mol. The molecule has 0 aliphatic carbocycles. The molecule has 24 heavy (non-hydrogen) atoms. The molecule has 0 spiro atoms. The monoisotopic (exact) mass is 323 g/mol. The number of aromatic nitrogens is 1. The van der Waals surface area contributed by atoms with Gasteiger partial charge in [-0.25, -0.2) is 0 Å². The number of nitrogens with zero attached hydrogens (tertiary/aromatic N) is 1. The van der Waals surface area contributed by atoms with Gasteiger partial charge in [-0.15, -0.1) is 0 Å². The summed E-state index contributed by atoms with van der Waals surface area (Å²) >= 11 is 0. The van der Waals surface area contributed by atoms with E-state index in [2.05, 4.69) is 6.92 Å². The summed E-state index contributed by atoms with van der Waals surface area (Å²) in [4.78, 5) is 12.4. The highest BCUT2D eigenvalue weighted by molar-refractivity contribution is 6.18. The number of hydrogen-bond donors (Lipinski definition) is 2. The van der Waals surface area contributed by atoms with Gasteiger partial charge in [0.2, 0.25) is 5.88 Å². The fraction of sp³-hybridized carbons (Fsp3) is 0.211. The van der Waals surface area contributed by atoms with Gasteiger partial charge in [-0.2, -0.15) is 0 Å². The molecule has 0 aliphatic rings. The highest BCUT2D eigenvalue weighted by Gasteiger charge is 2.17. The molecule has 0 amide bonds. The van der Waals surface area contributed by atoms with E-state index in [0.29, 0.717) is 28.5 Å². The number of phenols is 1. The van der Waals surface area contributed by atoms with Crippen molar-refractivity contribution in [2.75, 3.05) is 0 Å². The van der Waals surface area contributed by atoms with Crippen molar-refractivity contribution in [1.82, 2.24) is 4.57 Å². The van der Waals surface area contributed by atoms with Crippen molar-refractivity contribution >= 4 is 32.7 Å². The molecule has 4 rings (SSSR count). The quantitative estimate of drug-likeness (QED) is 0.439. The van der Waals surface area contributed by atoms with Crippen LogP contribution >= 0.6 is 0 Å². The van der Waals surface area contributed by atoms with Crippen LogP contribution in [0.4, 0.5) is 0 Å². The molecule has 0 radical (unpaired) electrons. The summed E-state index contributed by atoms with van der Waals surface area (Å²) in [6, 6.07) is 7.92. The van der Waals surface area contributed by atoms with Gasteiger partial charge in [-0.1, -0.05) is 13.3 Å². The third-order valence-corrected chi connectivity index (χ3v) is 4.40. The van der Waals surface area contributed by atoms with Gasteiger partial charge < -0.3 is 19.2 Å². The van der Waals surface area contributed by atoms with E-state index in [1.54, 1.807) is 28.8 Å². The van der Waals surface area contributed by atoms with Crippen LogP contribution < -0.4 is 5.43 Å². The summed E-state index contributed by atoms with van der Waals surface area (Å²) in [6.07, 6.45) is 3.70. The molecule has 2 heterocycles. The van der Waals surface area contributed by atoms with Crippen molar-refractivity contribution in [2.24, 2.45) is 0 Å². The van der Waals surface area contributed by atoms with Gasteiger partial charge in [0.25, 0.3) is 0 Å². The van der Waals surface area contributed by atoms with Crippen LogP contribution in [0.5, 0.6) is 11.6 Å². The fourth-order valence-electron chi connectivity index (χ4n) is 3.20. The molecule has 5 heteroatoms. The molecule has 0 saturated carbocycles. The Labute approximate surface area is 137 Å². The van der Waals surface area contributed by atoms with Crippen LogP contribution in [0.2, 0.25) is 0 Å². The molecule has 0 fully saturated rings. The van der Waals surface area contributed by atoms with Crippen LogP contribution in [0.1, 0.15) is 19.8 Å². The summed E-state index contributed by atoms with van der Waals surface area (Å²) in [7, 11) is 0. The lowest BCUT2D eigenvalue weighted by molar-refractivity contribution is 0.414. The maximum Gasteiger partial charge on any atom is 0.203 e. The third-order valence-electron chi connectivity index (χ3n) is 4.40. The number of rotatable bonds is 3. The average molecular weight is 323 g/mol. The van der Waals surface area contributed by atoms with Gasteiger partial charge in [0.05, 0.1) is 5.39 Å². The average Bonchev–Trinajstić information content (AvgIpc) is 2.58. The number of pyridine rings is 1. The maximum atomic E-state index is 12.4. The summed E-state index contributed by atoms with van der Waals surface area (Å²) < 4.78 is 7.57. The van der Waals surface area contributed by atoms with E-state index in [4.69, 9.17) is 4.42 Å². The van der Waals surface area contributed by atoms with E-state index in [1.165, 1.54) is 6.07 Å². The zero-order valence-electron chi connectivity index (χ0n) is 13.2. The standard InChI is InChI=1S/C19H17NO4/c1-2-3-8-20-10-13-12-9-11(21)4-6-15(12)24-16-7-5-14(22)18(17(13)16)19(20)23/h4-7,9-10,21,23H,2-3,8H2,1H3. The van der Waals surface area contributed by atoms with Crippen LogP contribution in [0.3, 0.4) is 0 Å². The zero-order valence-corrected chi connectivity index (χ0v) is 13.2. The van der Waals surface area contributed by atoms with Crippen molar-refractivity contribution in [3.8, 4) is 11.6 Å². The highest BCUT2D eigenvalue weighted by atomic mass is 16.3. The Morgan fingerprint density at radius 2 is 1.83 bits per heavy atom. The minimum atomic E-state index is -0.245. The van der Waals surface area contributed by atoms with E-state index in [1.807, 2.05) is 6.20 Å². The topological polar surface area (TPSA) is 75.6 Å². The van der Waals surface area contributed by atoms with E-state index in [0.717, 1.165) is 18.2 Å². The van der Waals surface area contributed by atoms with Crippen molar-refractivity contribution < 1.29 is 14.6 Å². The second kappa shape index (κ2) is 5.30. The van der Waals surface area contributed by atoms with Gasteiger partial charge in [0.15, 0.2) is 5.43 Å². The Morgan fingerprint density at radius 3 is 2.62 bits per heavy atom. The van der Waals surface area contributed by atoms with Crippen LogP contribution in [-0.4, -0.2) is 14.8 Å². The van der Waals surface area contributed by atoms with Crippen LogP contribution in [0.25, 0.3) is 32.7 Å². The van der Waals surface area contributed by atoms with Gasteiger partial charge >= 0.3 is 0 Å². The first-order valence-corrected chi connectivity index (χ1v) is 8.00. The number of phenolic OH excluding ortho intramolecular Hbond substituents is 1. The molecule has 0 bridgehead atoms. The van der Waals surface area contributed by atoms with Gasteiger partial charge in [0, 0.05) is 28.9 Å². The Balaban J connectivity index is 2.24. The van der Waals surface area contributed by atoms with Crippen molar-refractivity contribution in [3.05, 3.63) is 46.8 Å². The van der Waals surface area contributed by atoms with Crippen LogP contribution in [0, 0.1) is 0 Å². The first-order valence-electron chi connectivity index (χ1n) is 8.00. The number of aryl methyl sites for hydroxylation is 1. The van der Waals surface area contributed by atoms with Crippen molar-refractivity contribution in [2.45, 2.75) is 26.3 Å². The van der Waals surface area contributed by atoms with Crippen molar-refractivity contribution in [3.63, 3.8) is 0 Å². The Hall–Kier alpha value is -2.95. The molecule has 5 nitrogen and oxygen atoms in total. The van der Waals surface area contributed by atoms with E-state index < -0.39 is 0 Å². The molecule has 4 aromatic rings. The molecule has 0 aliphatic heterocycles. The second-order valence-electron chi connectivity index (χ2n) is 6.01. The van der Waals surface area contributed by atoms with Gasteiger partial charge in [-0.3, -0.25) is 4.79 Å². The number of aromatic hydroxyl groups is 2. The zero-order chi connectivity index (χ0) is 16.8. The minimum Gasteiger partial charge on any atom is -0.508 e. The molecule has 0 atom stereocenters. The van der Waals surface area contributed by atoms with E-state index in [9.17, 15) is 15.0 Å². The van der Waals surface area contributed by atoms with E-state index >= 15 is 0 Å². The number of benzene rings is 2. The third kappa shape index (κ3) is 2.05. The molecule has 0 saturated heterocycles. The maximum absolute atomic E-state index is 12.4. The van der Waals surface area contributed by atoms with Gasteiger partial charge in [-0.05, 0) is 36.8 Å².